The van der Waals surface area contributed by atoms with Gasteiger partial charge in [0.25, 0.3) is 0 Å². The van der Waals surface area contributed by atoms with E-state index in [0.29, 0.717) is 17.9 Å². The Balaban J connectivity index is 1.74. The fraction of sp³-hybridized carbons (Fsp3) is 0.227. The molecule has 0 radical (unpaired) electrons. The molecule has 4 rings (SSSR count). The summed E-state index contributed by atoms with van der Waals surface area (Å²) in [6.07, 6.45) is 3.43. The molecule has 0 bridgehead atoms. The van der Waals surface area contributed by atoms with Crippen molar-refractivity contribution in [2.45, 2.75) is 32.1 Å². The van der Waals surface area contributed by atoms with E-state index in [9.17, 15) is 9.59 Å². The van der Waals surface area contributed by atoms with Gasteiger partial charge in [0.05, 0.1) is 4.88 Å². The topological polar surface area (TPSA) is 47.0 Å². The number of thiophene rings is 1. The molecule has 3 nitrogen and oxygen atoms in total. The van der Waals surface area contributed by atoms with E-state index in [0.717, 1.165) is 33.0 Å². The Morgan fingerprint density at radius 1 is 1.22 bits per heavy atom. The monoisotopic (exact) mass is 395 g/mol. The van der Waals surface area contributed by atoms with Crippen molar-refractivity contribution in [1.29, 1.82) is 0 Å². The Hall–Kier alpha value is -2.30. The van der Waals surface area contributed by atoms with Crippen molar-refractivity contribution in [1.82, 2.24) is 4.98 Å². The highest BCUT2D eigenvalue weighted by Crippen LogP contribution is 2.43. The standard InChI is InChI=1S/C22H18ClNO2S/c1-13(25)10-17-11-15(8-9-24-17)21-12-19-18(6-7-20(26)22(19)27-21)14-2-4-16(23)5-3-14/h2-5,8-9,11-12,18H,6-7,10H2,1H3. The van der Waals surface area contributed by atoms with Crippen LogP contribution in [0.1, 0.15) is 52.2 Å². The molecular formula is C22H18ClNO2S. The molecule has 3 aromatic rings. The van der Waals surface area contributed by atoms with Crippen LogP contribution < -0.4 is 0 Å². The molecule has 1 aromatic carbocycles. The van der Waals surface area contributed by atoms with E-state index >= 15 is 0 Å². The molecule has 1 unspecified atom stereocenters. The molecule has 0 aliphatic heterocycles. The zero-order valence-corrected chi connectivity index (χ0v) is 16.4. The summed E-state index contributed by atoms with van der Waals surface area (Å²) in [5.74, 6) is 0.506. The van der Waals surface area contributed by atoms with Gasteiger partial charge in [0, 0.05) is 40.6 Å². The van der Waals surface area contributed by atoms with Crippen LogP contribution in [-0.4, -0.2) is 16.6 Å². The first-order valence-corrected chi connectivity index (χ1v) is 10.1. The molecule has 1 aliphatic rings. The van der Waals surface area contributed by atoms with Crippen molar-refractivity contribution in [3.05, 3.63) is 75.4 Å². The number of carbonyl (C=O) groups excluding carboxylic acids is 2. The summed E-state index contributed by atoms with van der Waals surface area (Å²) in [6, 6.07) is 13.9. The number of Topliss-reactive ketones (excluding diaryl/α,β-unsaturated/α-hetero) is 2. The molecule has 0 fully saturated rings. The Bertz CT molecular complexity index is 1020. The zero-order valence-electron chi connectivity index (χ0n) is 14.9. The number of carbonyl (C=O) groups is 2. The van der Waals surface area contributed by atoms with Crippen molar-refractivity contribution in [3.63, 3.8) is 0 Å². The fourth-order valence-corrected chi connectivity index (χ4v) is 4.90. The normalized spacial score (nSPS) is 16.2. The van der Waals surface area contributed by atoms with Crippen LogP contribution >= 0.6 is 22.9 Å². The first-order chi connectivity index (χ1) is 13.0. The van der Waals surface area contributed by atoms with Crippen LogP contribution in [0.3, 0.4) is 0 Å². The molecule has 2 heterocycles. The average Bonchev–Trinajstić information content (AvgIpc) is 3.09. The van der Waals surface area contributed by atoms with Gasteiger partial charge < -0.3 is 0 Å². The van der Waals surface area contributed by atoms with Gasteiger partial charge in [0.15, 0.2) is 5.78 Å². The average molecular weight is 396 g/mol. The number of hydrogen-bond donors (Lipinski definition) is 0. The summed E-state index contributed by atoms with van der Waals surface area (Å²) in [5.41, 5.74) is 4.04. The van der Waals surface area contributed by atoms with Crippen molar-refractivity contribution < 1.29 is 9.59 Å². The smallest absolute Gasteiger partial charge is 0.173 e. The maximum absolute atomic E-state index is 12.5. The second-order valence-electron chi connectivity index (χ2n) is 6.88. The van der Waals surface area contributed by atoms with Crippen LogP contribution in [0.15, 0.2) is 48.7 Å². The number of nitrogens with zero attached hydrogens (tertiary/aromatic N) is 1. The lowest BCUT2D eigenvalue weighted by Crippen LogP contribution is -2.13. The molecule has 0 saturated carbocycles. The minimum atomic E-state index is 0.0862. The number of rotatable bonds is 4. The number of halogens is 1. The maximum atomic E-state index is 12.5. The summed E-state index contributed by atoms with van der Waals surface area (Å²) >= 11 is 7.56. The van der Waals surface area contributed by atoms with Crippen molar-refractivity contribution in [2.75, 3.05) is 0 Å². The van der Waals surface area contributed by atoms with E-state index in [1.54, 1.807) is 13.1 Å². The minimum Gasteiger partial charge on any atom is -0.300 e. The van der Waals surface area contributed by atoms with E-state index in [1.807, 2.05) is 36.4 Å². The SMILES string of the molecule is CC(=O)Cc1cc(-c2cc3c(s2)C(=O)CCC3c2ccc(Cl)cc2)ccn1. The highest BCUT2D eigenvalue weighted by molar-refractivity contribution is 7.17. The molecule has 0 saturated heterocycles. The molecule has 1 aliphatic carbocycles. The van der Waals surface area contributed by atoms with Gasteiger partial charge in [0.2, 0.25) is 0 Å². The Morgan fingerprint density at radius 2 is 2.00 bits per heavy atom. The van der Waals surface area contributed by atoms with Gasteiger partial charge >= 0.3 is 0 Å². The number of pyridine rings is 1. The molecule has 0 amide bonds. The van der Waals surface area contributed by atoms with Crippen LogP contribution in [-0.2, 0) is 11.2 Å². The first-order valence-electron chi connectivity index (χ1n) is 8.88. The van der Waals surface area contributed by atoms with Gasteiger partial charge in [-0.1, -0.05) is 23.7 Å². The third-order valence-electron chi connectivity index (χ3n) is 4.85. The number of fused-ring (bicyclic) bond motifs is 1. The Labute approximate surface area is 167 Å². The van der Waals surface area contributed by atoms with Gasteiger partial charge in [0.1, 0.15) is 5.78 Å². The second kappa shape index (κ2) is 7.37. The van der Waals surface area contributed by atoms with Crippen LogP contribution in [0.5, 0.6) is 0 Å². The van der Waals surface area contributed by atoms with Crippen LogP contribution in [0, 0.1) is 0 Å². The van der Waals surface area contributed by atoms with Crippen molar-refractivity contribution in [3.8, 4) is 10.4 Å². The lowest BCUT2D eigenvalue weighted by atomic mass is 9.82. The maximum Gasteiger partial charge on any atom is 0.173 e. The van der Waals surface area contributed by atoms with E-state index in [-0.39, 0.29) is 17.5 Å². The minimum absolute atomic E-state index is 0.0862. The summed E-state index contributed by atoms with van der Waals surface area (Å²) in [4.78, 5) is 30.1. The predicted octanol–water partition coefficient (Wildman–Crippen LogP) is 5.70. The first kappa shape index (κ1) is 18.1. The Kier molecular flexibility index (Phi) is 4.94. The predicted molar refractivity (Wildman–Crippen MR) is 109 cm³/mol. The highest BCUT2D eigenvalue weighted by Gasteiger charge is 2.29. The third kappa shape index (κ3) is 3.73. The van der Waals surface area contributed by atoms with E-state index < -0.39 is 0 Å². The Morgan fingerprint density at radius 3 is 2.74 bits per heavy atom. The molecule has 5 heteroatoms. The summed E-state index contributed by atoms with van der Waals surface area (Å²) in [7, 11) is 0. The number of ketones is 2. The van der Waals surface area contributed by atoms with Gasteiger partial charge in [-0.2, -0.15) is 0 Å². The van der Waals surface area contributed by atoms with Crippen LogP contribution in [0.2, 0.25) is 5.02 Å². The molecule has 27 heavy (non-hydrogen) atoms. The fourth-order valence-electron chi connectivity index (χ4n) is 3.59. The third-order valence-corrected chi connectivity index (χ3v) is 6.35. The van der Waals surface area contributed by atoms with Gasteiger partial charge in [-0.05, 0) is 60.4 Å². The second-order valence-corrected chi connectivity index (χ2v) is 8.36. The van der Waals surface area contributed by atoms with Crippen LogP contribution in [0.25, 0.3) is 10.4 Å². The highest BCUT2D eigenvalue weighted by atomic mass is 35.5. The van der Waals surface area contributed by atoms with E-state index in [2.05, 4.69) is 11.1 Å². The molecule has 1 atom stereocenters. The molecule has 0 N–H and O–H groups in total. The number of benzene rings is 1. The quantitative estimate of drug-likeness (QED) is 0.569. The van der Waals surface area contributed by atoms with Crippen LogP contribution in [0.4, 0.5) is 0 Å². The summed E-state index contributed by atoms with van der Waals surface area (Å²) in [6.45, 7) is 1.56. The number of hydrogen-bond acceptors (Lipinski definition) is 4. The molecule has 136 valence electrons. The van der Waals surface area contributed by atoms with Gasteiger partial charge in [-0.3, -0.25) is 14.6 Å². The largest absolute Gasteiger partial charge is 0.300 e. The lowest BCUT2D eigenvalue weighted by Gasteiger charge is -2.22. The summed E-state index contributed by atoms with van der Waals surface area (Å²) in [5, 5.41) is 0.714. The zero-order chi connectivity index (χ0) is 19.0. The molecule has 0 spiro atoms. The van der Waals surface area contributed by atoms with Crippen molar-refractivity contribution in [2.24, 2.45) is 0 Å². The van der Waals surface area contributed by atoms with Gasteiger partial charge in [-0.15, -0.1) is 11.3 Å². The molecular weight excluding hydrogens is 378 g/mol. The van der Waals surface area contributed by atoms with E-state index in [4.69, 9.17) is 11.6 Å². The molecule has 2 aromatic heterocycles. The van der Waals surface area contributed by atoms with E-state index in [1.165, 1.54) is 16.9 Å². The van der Waals surface area contributed by atoms with Crippen molar-refractivity contribution >= 4 is 34.5 Å². The van der Waals surface area contributed by atoms with Gasteiger partial charge in [-0.25, -0.2) is 0 Å². The summed E-state index contributed by atoms with van der Waals surface area (Å²) < 4.78 is 0. The lowest BCUT2D eigenvalue weighted by molar-refractivity contribution is -0.116. The number of aromatic nitrogens is 1.